The van der Waals surface area contributed by atoms with Crippen molar-refractivity contribution in [2.75, 3.05) is 20.3 Å². The van der Waals surface area contributed by atoms with Crippen molar-refractivity contribution in [1.82, 2.24) is 5.32 Å². The van der Waals surface area contributed by atoms with Gasteiger partial charge in [-0.3, -0.25) is 0 Å². The Kier molecular flexibility index (Phi) is 7.32. The van der Waals surface area contributed by atoms with Gasteiger partial charge in [0, 0.05) is 17.6 Å². The maximum Gasteiger partial charge on any atom is 0.119 e. The van der Waals surface area contributed by atoms with E-state index in [0.717, 1.165) is 36.3 Å². The number of nitrogens with one attached hydrogen (secondary N) is 1. The van der Waals surface area contributed by atoms with Gasteiger partial charge in [0.05, 0.1) is 13.2 Å². The molecule has 0 atom stereocenters. The normalized spacial score (nSPS) is 10.9. The average molecular weight is 316 g/mol. The Morgan fingerprint density at radius 2 is 2.11 bits per heavy atom. The number of halogens is 1. The molecule has 1 N–H and O–H groups in total. The first kappa shape index (κ1) is 15.5. The summed E-state index contributed by atoms with van der Waals surface area (Å²) in [5.41, 5.74) is 1.21. The lowest BCUT2D eigenvalue weighted by Gasteiger charge is -2.10. The predicted octanol–water partition coefficient (Wildman–Crippen LogP) is 3.36. The van der Waals surface area contributed by atoms with Crippen LogP contribution in [-0.4, -0.2) is 26.4 Å². The van der Waals surface area contributed by atoms with Crippen LogP contribution in [0.2, 0.25) is 0 Å². The molecule has 0 aliphatic rings. The van der Waals surface area contributed by atoms with Crippen molar-refractivity contribution in [3.8, 4) is 5.75 Å². The molecule has 0 bridgehead atoms. The maximum atomic E-state index is 5.49. The van der Waals surface area contributed by atoms with Crippen LogP contribution < -0.4 is 10.1 Å². The van der Waals surface area contributed by atoms with Crippen LogP contribution in [0.5, 0.6) is 5.75 Å². The third-order valence-electron chi connectivity index (χ3n) is 2.52. The highest BCUT2D eigenvalue weighted by Gasteiger charge is 2.01. The van der Waals surface area contributed by atoms with Crippen molar-refractivity contribution >= 4 is 15.9 Å². The lowest BCUT2D eigenvalue weighted by molar-refractivity contribution is 0.0770. The molecule has 0 aliphatic heterocycles. The minimum Gasteiger partial charge on any atom is -0.497 e. The zero-order chi connectivity index (χ0) is 13.4. The van der Waals surface area contributed by atoms with Gasteiger partial charge in [-0.1, -0.05) is 15.9 Å². The van der Waals surface area contributed by atoms with Crippen molar-refractivity contribution < 1.29 is 9.47 Å². The van der Waals surface area contributed by atoms with Gasteiger partial charge in [0.1, 0.15) is 5.75 Å². The molecule has 0 saturated heterocycles. The molecule has 4 heteroatoms. The third kappa shape index (κ3) is 5.85. The molecular formula is C14H22BrNO2. The fourth-order valence-corrected chi connectivity index (χ4v) is 1.94. The smallest absolute Gasteiger partial charge is 0.119 e. The van der Waals surface area contributed by atoms with Gasteiger partial charge >= 0.3 is 0 Å². The van der Waals surface area contributed by atoms with E-state index in [2.05, 4.69) is 35.1 Å². The molecule has 1 rings (SSSR count). The van der Waals surface area contributed by atoms with Crippen LogP contribution in [0.1, 0.15) is 25.8 Å². The van der Waals surface area contributed by atoms with E-state index in [1.165, 1.54) is 5.56 Å². The lowest BCUT2D eigenvalue weighted by Crippen LogP contribution is -2.17. The van der Waals surface area contributed by atoms with E-state index >= 15 is 0 Å². The van der Waals surface area contributed by atoms with E-state index < -0.39 is 0 Å². The number of hydrogen-bond acceptors (Lipinski definition) is 3. The Morgan fingerprint density at radius 1 is 1.33 bits per heavy atom. The maximum absolute atomic E-state index is 5.49. The average Bonchev–Trinajstić information content (AvgIpc) is 2.35. The topological polar surface area (TPSA) is 30.5 Å². The first-order valence-corrected chi connectivity index (χ1v) is 7.07. The van der Waals surface area contributed by atoms with Gasteiger partial charge in [0.25, 0.3) is 0 Å². The minimum absolute atomic E-state index is 0.317. The fourth-order valence-electron chi connectivity index (χ4n) is 1.55. The van der Waals surface area contributed by atoms with Gasteiger partial charge in [-0.25, -0.2) is 0 Å². The van der Waals surface area contributed by atoms with Gasteiger partial charge in [-0.15, -0.1) is 0 Å². The summed E-state index contributed by atoms with van der Waals surface area (Å²) in [5.74, 6) is 0.887. The highest BCUT2D eigenvalue weighted by molar-refractivity contribution is 9.10. The van der Waals surface area contributed by atoms with Crippen molar-refractivity contribution in [3.05, 3.63) is 28.2 Å². The quantitative estimate of drug-likeness (QED) is 0.746. The first-order chi connectivity index (χ1) is 8.63. The van der Waals surface area contributed by atoms with Gasteiger partial charge in [0.2, 0.25) is 0 Å². The molecule has 3 nitrogen and oxygen atoms in total. The number of benzene rings is 1. The second kappa shape index (κ2) is 8.51. The van der Waals surface area contributed by atoms with E-state index in [4.69, 9.17) is 9.47 Å². The van der Waals surface area contributed by atoms with Crippen molar-refractivity contribution in [1.29, 1.82) is 0 Å². The van der Waals surface area contributed by atoms with Crippen molar-refractivity contribution in [2.45, 2.75) is 32.9 Å². The molecule has 0 amide bonds. The van der Waals surface area contributed by atoms with Gasteiger partial charge in [-0.05, 0) is 50.6 Å². The summed E-state index contributed by atoms with van der Waals surface area (Å²) >= 11 is 3.54. The van der Waals surface area contributed by atoms with Gasteiger partial charge in [0.15, 0.2) is 0 Å². The summed E-state index contributed by atoms with van der Waals surface area (Å²) in [6, 6.07) is 6.00. The Balaban J connectivity index is 2.26. The molecule has 0 fully saturated rings. The van der Waals surface area contributed by atoms with Crippen LogP contribution in [0.15, 0.2) is 22.7 Å². The van der Waals surface area contributed by atoms with Crippen LogP contribution in [-0.2, 0) is 11.3 Å². The summed E-state index contributed by atoms with van der Waals surface area (Å²) < 4.78 is 11.8. The summed E-state index contributed by atoms with van der Waals surface area (Å²) in [5, 5.41) is 3.40. The molecule has 1 aromatic rings. The summed E-state index contributed by atoms with van der Waals surface area (Å²) in [4.78, 5) is 0. The van der Waals surface area contributed by atoms with Crippen LogP contribution in [0.3, 0.4) is 0 Å². The SMILES string of the molecule is COc1ccc(Br)c(CNCCCOC(C)C)c1. The molecule has 102 valence electrons. The Bertz CT molecular complexity index is 356. The number of ether oxygens (including phenoxy) is 2. The highest BCUT2D eigenvalue weighted by Crippen LogP contribution is 2.22. The zero-order valence-corrected chi connectivity index (χ0v) is 12.9. The summed E-state index contributed by atoms with van der Waals surface area (Å²) in [6.07, 6.45) is 1.34. The summed E-state index contributed by atoms with van der Waals surface area (Å²) in [6.45, 7) is 6.71. The second-order valence-electron chi connectivity index (χ2n) is 4.41. The van der Waals surface area contributed by atoms with Gasteiger partial charge in [-0.2, -0.15) is 0 Å². The van der Waals surface area contributed by atoms with Crippen LogP contribution in [0, 0.1) is 0 Å². The molecule has 0 heterocycles. The van der Waals surface area contributed by atoms with E-state index in [1.807, 2.05) is 18.2 Å². The lowest BCUT2D eigenvalue weighted by atomic mass is 10.2. The largest absolute Gasteiger partial charge is 0.497 e. The van der Waals surface area contributed by atoms with Crippen LogP contribution in [0.4, 0.5) is 0 Å². The van der Waals surface area contributed by atoms with E-state index in [0.29, 0.717) is 6.10 Å². The second-order valence-corrected chi connectivity index (χ2v) is 5.26. The zero-order valence-electron chi connectivity index (χ0n) is 11.3. The van der Waals surface area contributed by atoms with Gasteiger partial charge < -0.3 is 14.8 Å². The first-order valence-electron chi connectivity index (χ1n) is 6.28. The molecule has 0 aliphatic carbocycles. The Labute approximate surface area is 118 Å². The van der Waals surface area contributed by atoms with Crippen molar-refractivity contribution in [2.24, 2.45) is 0 Å². The molecule has 0 saturated carbocycles. The minimum atomic E-state index is 0.317. The Hall–Kier alpha value is -0.580. The predicted molar refractivity (Wildman–Crippen MR) is 78.1 cm³/mol. The van der Waals surface area contributed by atoms with Crippen LogP contribution >= 0.6 is 15.9 Å². The molecule has 0 unspecified atom stereocenters. The number of methoxy groups -OCH3 is 1. The molecule has 0 aromatic heterocycles. The number of hydrogen-bond donors (Lipinski definition) is 1. The van der Waals surface area contributed by atoms with E-state index in [9.17, 15) is 0 Å². The summed E-state index contributed by atoms with van der Waals surface area (Å²) in [7, 11) is 1.68. The van der Waals surface area contributed by atoms with Crippen molar-refractivity contribution in [3.63, 3.8) is 0 Å². The molecule has 0 spiro atoms. The highest BCUT2D eigenvalue weighted by atomic mass is 79.9. The van der Waals surface area contributed by atoms with Crippen LogP contribution in [0.25, 0.3) is 0 Å². The molecule has 1 aromatic carbocycles. The Morgan fingerprint density at radius 3 is 2.78 bits per heavy atom. The molecule has 18 heavy (non-hydrogen) atoms. The molecule has 0 radical (unpaired) electrons. The van der Waals surface area contributed by atoms with E-state index in [-0.39, 0.29) is 0 Å². The monoisotopic (exact) mass is 315 g/mol. The molecular weight excluding hydrogens is 294 g/mol. The number of rotatable bonds is 8. The standard InChI is InChI=1S/C14H22BrNO2/c1-11(2)18-8-4-7-16-10-12-9-13(17-3)5-6-14(12)15/h5-6,9,11,16H,4,7-8,10H2,1-3H3. The van der Waals surface area contributed by atoms with E-state index in [1.54, 1.807) is 7.11 Å². The fraction of sp³-hybridized carbons (Fsp3) is 0.571. The third-order valence-corrected chi connectivity index (χ3v) is 3.29.